The molecule has 2 rings (SSSR count). The lowest BCUT2D eigenvalue weighted by molar-refractivity contribution is 0.441. The molecule has 2 bridgehead atoms. The lowest BCUT2D eigenvalue weighted by atomic mass is 10.0. The Morgan fingerprint density at radius 2 is 2.22 bits per heavy atom. The van der Waals surface area contributed by atoms with Crippen molar-refractivity contribution in [3.8, 4) is 0 Å². The minimum atomic E-state index is 0. The van der Waals surface area contributed by atoms with E-state index in [4.69, 9.17) is 0 Å². The van der Waals surface area contributed by atoms with Crippen molar-refractivity contribution in [3.63, 3.8) is 0 Å². The van der Waals surface area contributed by atoms with Gasteiger partial charge in [-0.15, -0.1) is 12.4 Å². The summed E-state index contributed by atoms with van der Waals surface area (Å²) in [6.07, 6.45) is 1.48. The van der Waals surface area contributed by atoms with E-state index in [1.807, 2.05) is 0 Å². The Balaban J connectivity index is 0.000000405. The summed E-state index contributed by atoms with van der Waals surface area (Å²) in [4.78, 5) is 0. The van der Waals surface area contributed by atoms with Crippen molar-refractivity contribution >= 4 is 24.2 Å². The second-order valence-electron chi connectivity index (χ2n) is 2.72. The first-order valence-electron chi connectivity index (χ1n) is 3.27. The number of nitrogens with one attached hydrogen (secondary N) is 1. The number of halogens is 1. The number of thioether (sulfide) groups is 1. The second-order valence-corrected chi connectivity index (χ2v) is 4.05. The van der Waals surface area contributed by atoms with Crippen LogP contribution < -0.4 is 5.32 Å². The number of fused-ring (bicyclic) bond motifs is 2. The van der Waals surface area contributed by atoms with Crippen LogP contribution in [0.1, 0.15) is 6.42 Å². The van der Waals surface area contributed by atoms with Crippen LogP contribution >= 0.6 is 24.2 Å². The third kappa shape index (κ3) is 1.54. The van der Waals surface area contributed by atoms with Crippen LogP contribution in [-0.2, 0) is 0 Å². The molecule has 3 heteroatoms. The normalized spacial score (nSPS) is 40.0. The van der Waals surface area contributed by atoms with E-state index in [1.54, 1.807) is 0 Å². The van der Waals surface area contributed by atoms with Crippen LogP contribution in [0.4, 0.5) is 0 Å². The Hall–Kier alpha value is 0.600. The van der Waals surface area contributed by atoms with Crippen molar-refractivity contribution in [2.45, 2.75) is 11.7 Å². The zero-order valence-corrected chi connectivity index (χ0v) is 6.93. The van der Waals surface area contributed by atoms with Crippen LogP contribution in [0.15, 0.2) is 0 Å². The number of rotatable bonds is 0. The molecule has 0 aromatic rings. The highest BCUT2D eigenvalue weighted by Crippen LogP contribution is 2.32. The van der Waals surface area contributed by atoms with Crippen molar-refractivity contribution in [1.29, 1.82) is 0 Å². The average molecular weight is 166 g/mol. The molecule has 0 spiro atoms. The molecule has 1 nitrogen and oxygen atoms in total. The highest BCUT2D eigenvalue weighted by atomic mass is 35.5. The van der Waals surface area contributed by atoms with Crippen LogP contribution in [0.2, 0.25) is 0 Å². The van der Waals surface area contributed by atoms with Gasteiger partial charge in [0.15, 0.2) is 0 Å². The molecule has 2 unspecified atom stereocenters. The van der Waals surface area contributed by atoms with Crippen molar-refractivity contribution in [1.82, 2.24) is 5.32 Å². The number of hydrogen-bond acceptors (Lipinski definition) is 2. The second kappa shape index (κ2) is 3.13. The Morgan fingerprint density at radius 1 is 1.33 bits per heavy atom. The van der Waals surface area contributed by atoms with E-state index in [2.05, 4.69) is 17.1 Å². The molecule has 1 N–H and O–H groups in total. The third-order valence-electron chi connectivity index (χ3n) is 1.97. The van der Waals surface area contributed by atoms with Gasteiger partial charge in [0.1, 0.15) is 0 Å². The van der Waals surface area contributed by atoms with E-state index in [1.165, 1.54) is 25.3 Å². The molecule has 2 saturated heterocycles. The monoisotopic (exact) mass is 165 g/mol. The lowest BCUT2D eigenvalue weighted by Gasteiger charge is -2.17. The molecule has 2 atom stereocenters. The zero-order chi connectivity index (χ0) is 5.40. The lowest BCUT2D eigenvalue weighted by Crippen LogP contribution is -2.33. The summed E-state index contributed by atoms with van der Waals surface area (Å²) < 4.78 is 0. The Bertz CT molecular complexity index is 85.1. The molecule has 2 aliphatic heterocycles. The molecule has 0 radical (unpaired) electrons. The van der Waals surface area contributed by atoms with E-state index in [0.717, 1.165) is 11.2 Å². The zero-order valence-electron chi connectivity index (χ0n) is 5.30. The van der Waals surface area contributed by atoms with Gasteiger partial charge in [-0.1, -0.05) is 0 Å². The van der Waals surface area contributed by atoms with Crippen molar-refractivity contribution in [2.75, 3.05) is 18.8 Å². The molecule has 0 amide bonds. The maximum absolute atomic E-state index is 3.43. The van der Waals surface area contributed by atoms with Gasteiger partial charge in [0.25, 0.3) is 0 Å². The molecule has 2 fully saturated rings. The van der Waals surface area contributed by atoms with Crippen LogP contribution in [0.25, 0.3) is 0 Å². The fourth-order valence-corrected chi connectivity index (χ4v) is 2.96. The SMILES string of the molecule is C1NCC2CC1CS2.Cl. The van der Waals surface area contributed by atoms with Crippen LogP contribution in [0.5, 0.6) is 0 Å². The van der Waals surface area contributed by atoms with Gasteiger partial charge in [0.2, 0.25) is 0 Å². The van der Waals surface area contributed by atoms with Gasteiger partial charge in [0, 0.05) is 11.8 Å². The van der Waals surface area contributed by atoms with Gasteiger partial charge in [-0.3, -0.25) is 0 Å². The quantitative estimate of drug-likeness (QED) is 0.578. The fourth-order valence-electron chi connectivity index (χ4n) is 1.51. The fraction of sp³-hybridized carbons (Fsp3) is 1.00. The molecule has 0 aromatic carbocycles. The van der Waals surface area contributed by atoms with Gasteiger partial charge in [-0.25, -0.2) is 0 Å². The van der Waals surface area contributed by atoms with E-state index in [9.17, 15) is 0 Å². The Kier molecular flexibility index (Phi) is 2.68. The summed E-state index contributed by atoms with van der Waals surface area (Å²) in [6.45, 7) is 2.55. The molecule has 9 heavy (non-hydrogen) atoms. The van der Waals surface area contributed by atoms with Gasteiger partial charge < -0.3 is 5.32 Å². The minimum absolute atomic E-state index is 0. The smallest absolute Gasteiger partial charge is 0.0175 e. The molecule has 2 aliphatic rings. The third-order valence-corrected chi connectivity index (χ3v) is 3.46. The largest absolute Gasteiger partial charge is 0.315 e. The van der Waals surface area contributed by atoms with Crippen molar-refractivity contribution in [2.24, 2.45) is 5.92 Å². The first-order chi connectivity index (χ1) is 3.95. The van der Waals surface area contributed by atoms with Crippen LogP contribution in [0, 0.1) is 5.92 Å². The Morgan fingerprint density at radius 3 is 2.89 bits per heavy atom. The van der Waals surface area contributed by atoms with E-state index in [-0.39, 0.29) is 12.4 Å². The standard InChI is InChI=1S/C6H11NS.ClH/c1-5-2-7-3-6(1)8-4-5;/h5-7H,1-4H2;1H. The average Bonchev–Trinajstić information content (AvgIpc) is 2.12. The minimum Gasteiger partial charge on any atom is -0.315 e. The maximum atomic E-state index is 3.43. The number of hydrogen-bond donors (Lipinski definition) is 1. The summed E-state index contributed by atoms with van der Waals surface area (Å²) in [5.74, 6) is 2.43. The molecule has 0 saturated carbocycles. The van der Waals surface area contributed by atoms with Gasteiger partial charge in [0.05, 0.1) is 0 Å². The summed E-state index contributed by atoms with van der Waals surface area (Å²) >= 11 is 2.15. The first kappa shape index (κ1) is 7.70. The molecule has 54 valence electrons. The summed E-state index contributed by atoms with van der Waals surface area (Å²) in [7, 11) is 0. The topological polar surface area (TPSA) is 12.0 Å². The highest BCUT2D eigenvalue weighted by Gasteiger charge is 2.28. The van der Waals surface area contributed by atoms with Crippen LogP contribution in [0.3, 0.4) is 0 Å². The molecular formula is C6H12ClNS. The predicted molar refractivity (Wildman–Crippen MR) is 44.5 cm³/mol. The molecular weight excluding hydrogens is 154 g/mol. The van der Waals surface area contributed by atoms with Crippen LogP contribution in [-0.4, -0.2) is 24.1 Å². The highest BCUT2D eigenvalue weighted by molar-refractivity contribution is 8.00. The van der Waals surface area contributed by atoms with Gasteiger partial charge in [-0.05, 0) is 24.6 Å². The summed E-state index contributed by atoms with van der Waals surface area (Å²) in [6, 6.07) is 0. The van der Waals surface area contributed by atoms with E-state index in [0.29, 0.717) is 0 Å². The Labute approximate surface area is 66.4 Å². The van der Waals surface area contributed by atoms with Gasteiger partial charge >= 0.3 is 0 Å². The van der Waals surface area contributed by atoms with E-state index < -0.39 is 0 Å². The first-order valence-corrected chi connectivity index (χ1v) is 4.32. The molecule has 0 aliphatic carbocycles. The summed E-state index contributed by atoms with van der Waals surface area (Å²) in [5.41, 5.74) is 0. The van der Waals surface area contributed by atoms with Gasteiger partial charge in [-0.2, -0.15) is 11.8 Å². The van der Waals surface area contributed by atoms with Crippen molar-refractivity contribution < 1.29 is 0 Å². The van der Waals surface area contributed by atoms with Crippen molar-refractivity contribution in [3.05, 3.63) is 0 Å². The predicted octanol–water partition coefficient (Wildman–Crippen LogP) is 1.13. The van der Waals surface area contributed by atoms with E-state index >= 15 is 0 Å². The summed E-state index contributed by atoms with van der Waals surface area (Å²) in [5, 5.41) is 4.39. The molecule has 2 heterocycles. The number of piperidine rings is 1. The maximum Gasteiger partial charge on any atom is 0.0175 e. The molecule has 0 aromatic heterocycles.